The van der Waals surface area contributed by atoms with Crippen LogP contribution in [0.5, 0.6) is 5.75 Å². The summed E-state index contributed by atoms with van der Waals surface area (Å²) in [6.07, 6.45) is 2.18. The van der Waals surface area contributed by atoms with Gasteiger partial charge in [0, 0.05) is 118 Å². The van der Waals surface area contributed by atoms with Crippen LogP contribution in [0.4, 0.5) is 11.4 Å². The number of imide groups is 1. The van der Waals surface area contributed by atoms with Crippen LogP contribution in [0, 0.1) is 22.2 Å². The number of nitriles is 1. The highest BCUT2D eigenvalue weighted by atomic mass is 35.5. The highest BCUT2D eigenvalue weighted by molar-refractivity contribution is 6.31. The molecule has 4 fully saturated rings. The van der Waals surface area contributed by atoms with E-state index in [4.69, 9.17) is 21.1 Å². The van der Waals surface area contributed by atoms with Crippen molar-refractivity contribution in [3.05, 3.63) is 87.4 Å². The third kappa shape index (κ3) is 7.10. The predicted molar refractivity (Wildman–Crippen MR) is 231 cm³/mol. The quantitative estimate of drug-likeness (QED) is 0.270. The first kappa shape index (κ1) is 41.2. The topological polar surface area (TPSA) is 139 Å². The highest BCUT2D eigenvalue weighted by Gasteiger charge is 2.67. The molecule has 3 aromatic carbocycles. The van der Waals surface area contributed by atoms with Crippen LogP contribution in [0.25, 0.3) is 0 Å². The van der Waals surface area contributed by atoms with Gasteiger partial charge < -0.3 is 29.1 Å². The molecule has 1 N–H and O–H groups in total. The van der Waals surface area contributed by atoms with Gasteiger partial charge in [-0.3, -0.25) is 29.4 Å². The van der Waals surface area contributed by atoms with E-state index in [0.717, 1.165) is 86.7 Å². The number of halogens is 1. The third-order valence-corrected chi connectivity index (χ3v) is 14.9. The molecule has 1 aliphatic carbocycles. The average Bonchev–Trinajstić information content (AvgIpc) is 3.74. The lowest BCUT2D eigenvalue weighted by Crippen LogP contribution is -2.74. The van der Waals surface area contributed by atoms with Crippen LogP contribution >= 0.6 is 11.6 Å². The van der Waals surface area contributed by atoms with E-state index in [-0.39, 0.29) is 52.7 Å². The van der Waals surface area contributed by atoms with Crippen LogP contribution in [0.1, 0.15) is 90.8 Å². The predicted octanol–water partition coefficient (Wildman–Crippen LogP) is 5.62. The van der Waals surface area contributed by atoms with Crippen LogP contribution in [-0.4, -0.2) is 115 Å². The number of benzene rings is 3. The standard InChI is InChI=1S/C47H54ClN7O6/c1-45(2)43(46(3,4)44(45)61-34-9-6-29(25-49)37(48)24-34)55-27-31-23-33(8-11-36(31)42(55)59)53-20-18-51(19-21-53)28-47(60-5)14-16-52(17-15-47)32-7-10-35-30(22-32)26-54(41(35)58)38-12-13-39(56)50-40(38)57/h6-11,22-24,38,43-44H,12-21,26-28H2,1-5H3,(H,50,56,57)/t38?,43-,44-. The summed E-state index contributed by atoms with van der Waals surface area (Å²) in [7, 11) is 1.83. The number of anilines is 2. The third-order valence-electron chi connectivity index (χ3n) is 14.5. The number of fused-ring (bicyclic) bond motifs is 2. The van der Waals surface area contributed by atoms with Crippen LogP contribution in [0.2, 0.25) is 5.02 Å². The highest BCUT2D eigenvalue weighted by Crippen LogP contribution is 2.59. The molecule has 1 atom stereocenters. The van der Waals surface area contributed by atoms with E-state index in [1.165, 1.54) is 0 Å². The lowest BCUT2D eigenvalue weighted by molar-refractivity contribution is -0.199. The number of nitrogens with zero attached hydrogens (tertiary/aromatic N) is 6. The van der Waals surface area contributed by atoms with E-state index < -0.39 is 11.9 Å². The molecule has 61 heavy (non-hydrogen) atoms. The largest absolute Gasteiger partial charge is 0.489 e. The molecule has 0 aromatic heterocycles. The van der Waals surface area contributed by atoms with Crippen molar-refractivity contribution in [3.63, 3.8) is 0 Å². The van der Waals surface area contributed by atoms with Gasteiger partial charge in [-0.15, -0.1) is 0 Å². The molecule has 0 bridgehead atoms. The second-order valence-corrected chi connectivity index (χ2v) is 19.4. The second-order valence-electron chi connectivity index (χ2n) is 18.9. The molecule has 1 saturated carbocycles. The minimum absolute atomic E-state index is 0.0392. The summed E-state index contributed by atoms with van der Waals surface area (Å²) in [4.78, 5) is 62.4. The van der Waals surface area contributed by atoms with Crippen molar-refractivity contribution >= 4 is 46.6 Å². The fourth-order valence-electron chi connectivity index (χ4n) is 11.7. The minimum atomic E-state index is -0.622. The Bertz CT molecular complexity index is 2330. The van der Waals surface area contributed by atoms with Gasteiger partial charge in [-0.2, -0.15) is 5.26 Å². The van der Waals surface area contributed by atoms with E-state index in [0.29, 0.717) is 41.4 Å². The summed E-state index contributed by atoms with van der Waals surface area (Å²) < 4.78 is 12.8. The molecule has 5 aliphatic heterocycles. The van der Waals surface area contributed by atoms with Gasteiger partial charge in [0.1, 0.15) is 24.0 Å². The van der Waals surface area contributed by atoms with Gasteiger partial charge in [0.2, 0.25) is 11.8 Å². The fourth-order valence-corrected chi connectivity index (χ4v) is 11.9. The monoisotopic (exact) mass is 847 g/mol. The first-order valence-electron chi connectivity index (χ1n) is 21.5. The summed E-state index contributed by atoms with van der Waals surface area (Å²) in [5.41, 5.74) is 5.08. The Morgan fingerprint density at radius 1 is 0.787 bits per heavy atom. The van der Waals surface area contributed by atoms with E-state index in [2.05, 4.69) is 72.0 Å². The molecule has 0 radical (unpaired) electrons. The SMILES string of the molecule is COC1(CN2CCN(c3ccc4c(c3)CN([C@H]3C(C)(C)[C@H](Oc5ccc(C#N)c(Cl)c5)C3(C)C)C4=O)CC2)CCN(c2ccc3c(c2)CN(C2CCC(=O)NC2=O)C3=O)CC1. The van der Waals surface area contributed by atoms with Crippen LogP contribution in [0.3, 0.4) is 0 Å². The van der Waals surface area contributed by atoms with Crippen molar-refractivity contribution in [1.29, 1.82) is 5.26 Å². The summed E-state index contributed by atoms with van der Waals surface area (Å²) in [5.74, 6) is -0.155. The number of rotatable bonds is 9. The first-order chi connectivity index (χ1) is 29.1. The number of hydrogen-bond donors (Lipinski definition) is 1. The van der Waals surface area contributed by atoms with Crippen molar-refractivity contribution in [1.82, 2.24) is 20.0 Å². The number of amides is 4. The number of carbonyl (C=O) groups is 4. The van der Waals surface area contributed by atoms with Gasteiger partial charge >= 0.3 is 0 Å². The van der Waals surface area contributed by atoms with Gasteiger partial charge in [0.25, 0.3) is 11.8 Å². The zero-order valence-electron chi connectivity index (χ0n) is 35.6. The average molecular weight is 848 g/mol. The Balaban J connectivity index is 0.784. The number of methoxy groups -OCH3 is 1. The lowest BCUT2D eigenvalue weighted by Gasteiger charge is -2.65. The molecule has 1 unspecified atom stereocenters. The molecular formula is C47H54ClN7O6. The van der Waals surface area contributed by atoms with Crippen LogP contribution in [0.15, 0.2) is 54.6 Å². The Kier molecular flexibility index (Phi) is 10.4. The molecule has 14 heteroatoms. The number of piperidine rings is 2. The Labute approximate surface area is 362 Å². The smallest absolute Gasteiger partial charge is 0.255 e. The first-order valence-corrected chi connectivity index (χ1v) is 21.9. The van der Waals surface area contributed by atoms with E-state index >= 15 is 0 Å². The summed E-state index contributed by atoms with van der Waals surface area (Å²) in [6, 6.07) is 18.9. The zero-order chi connectivity index (χ0) is 43.0. The molecule has 4 amide bonds. The van der Waals surface area contributed by atoms with Gasteiger partial charge in [-0.25, -0.2) is 0 Å². The van der Waals surface area contributed by atoms with Gasteiger partial charge in [0.05, 0.1) is 16.2 Å². The molecule has 6 aliphatic rings. The fraction of sp³-hybridized carbons (Fsp3) is 0.511. The number of ether oxygens (including phenoxy) is 2. The number of nitrogens with one attached hydrogen (secondary N) is 1. The number of piperazine rings is 1. The summed E-state index contributed by atoms with van der Waals surface area (Å²) in [5, 5.41) is 12.0. The van der Waals surface area contributed by atoms with Gasteiger partial charge in [-0.05, 0) is 78.9 Å². The van der Waals surface area contributed by atoms with Crippen LogP contribution < -0.4 is 19.9 Å². The van der Waals surface area contributed by atoms with E-state index in [9.17, 15) is 24.4 Å². The zero-order valence-corrected chi connectivity index (χ0v) is 36.4. The molecule has 3 aromatic rings. The summed E-state index contributed by atoms with van der Waals surface area (Å²) in [6.45, 7) is 15.7. The molecule has 5 heterocycles. The normalized spacial score (nSPS) is 25.5. The van der Waals surface area contributed by atoms with E-state index in [1.54, 1.807) is 23.1 Å². The minimum Gasteiger partial charge on any atom is -0.489 e. The second kappa shape index (κ2) is 15.3. The van der Waals surface area contributed by atoms with Crippen molar-refractivity contribution < 1.29 is 28.7 Å². The van der Waals surface area contributed by atoms with Crippen molar-refractivity contribution in [2.24, 2.45) is 10.8 Å². The van der Waals surface area contributed by atoms with E-state index in [1.807, 2.05) is 30.2 Å². The maximum Gasteiger partial charge on any atom is 0.255 e. The van der Waals surface area contributed by atoms with Gasteiger partial charge in [-0.1, -0.05) is 39.3 Å². The number of carbonyl (C=O) groups excluding carboxylic acids is 4. The molecule has 9 rings (SSSR count). The van der Waals surface area contributed by atoms with Crippen molar-refractivity contribution in [2.75, 3.05) is 62.7 Å². The molecule has 320 valence electrons. The molecule has 13 nitrogen and oxygen atoms in total. The van der Waals surface area contributed by atoms with Crippen molar-refractivity contribution in [3.8, 4) is 11.8 Å². The van der Waals surface area contributed by atoms with Crippen LogP contribution in [-0.2, 0) is 27.4 Å². The maximum atomic E-state index is 14.0. The number of hydrogen-bond acceptors (Lipinski definition) is 10. The molecular weight excluding hydrogens is 794 g/mol. The Morgan fingerprint density at radius 3 is 1.95 bits per heavy atom. The van der Waals surface area contributed by atoms with Crippen molar-refractivity contribution in [2.45, 2.75) is 90.3 Å². The lowest BCUT2D eigenvalue weighted by atomic mass is 9.49. The van der Waals surface area contributed by atoms with Gasteiger partial charge in [0.15, 0.2) is 0 Å². The Morgan fingerprint density at radius 2 is 1.38 bits per heavy atom. The maximum absolute atomic E-state index is 14.0. The molecule has 3 saturated heterocycles. The Hall–Kier alpha value is -5.16. The summed E-state index contributed by atoms with van der Waals surface area (Å²) >= 11 is 6.32. The molecule has 0 spiro atoms.